The van der Waals surface area contributed by atoms with Crippen molar-refractivity contribution in [2.24, 2.45) is 0 Å². The first-order valence-corrected chi connectivity index (χ1v) is 11.0. The van der Waals surface area contributed by atoms with E-state index in [4.69, 9.17) is 0 Å². The van der Waals surface area contributed by atoms with Crippen LogP contribution >= 0.6 is 0 Å². The van der Waals surface area contributed by atoms with Crippen molar-refractivity contribution < 1.29 is 4.79 Å². The van der Waals surface area contributed by atoms with Gasteiger partial charge in [0.1, 0.15) is 11.6 Å². The maximum absolute atomic E-state index is 13.0. The molecule has 5 heterocycles. The molecule has 8 heteroatoms. The van der Waals surface area contributed by atoms with Crippen molar-refractivity contribution in [1.29, 1.82) is 0 Å². The van der Waals surface area contributed by atoms with Crippen LogP contribution in [-0.4, -0.2) is 68.8 Å². The van der Waals surface area contributed by atoms with Crippen LogP contribution in [0.3, 0.4) is 0 Å². The van der Waals surface area contributed by atoms with Crippen molar-refractivity contribution >= 4 is 22.4 Å². The first kappa shape index (κ1) is 21.1. The summed E-state index contributed by atoms with van der Waals surface area (Å²) in [6.45, 7) is 5.66. The second-order valence-electron chi connectivity index (χ2n) is 8.40. The molecule has 1 saturated heterocycles. The molecule has 33 heavy (non-hydrogen) atoms. The number of anilines is 1. The second-order valence-corrected chi connectivity index (χ2v) is 8.40. The first-order valence-electron chi connectivity index (χ1n) is 11.0. The fourth-order valence-electron chi connectivity index (χ4n) is 3.93. The summed E-state index contributed by atoms with van der Waals surface area (Å²) in [7, 11) is 2.12. The molecule has 0 unspecified atom stereocenters. The third kappa shape index (κ3) is 4.70. The van der Waals surface area contributed by atoms with E-state index in [-0.39, 0.29) is 12.2 Å². The number of likely N-dealkylation sites (N-methyl/N-ethyl adjacent to an activating group) is 1. The number of hydrogen-bond donors (Lipinski definition) is 0. The molecule has 0 atom stereocenters. The molecule has 0 amide bonds. The van der Waals surface area contributed by atoms with Crippen molar-refractivity contribution in [2.75, 3.05) is 38.1 Å². The van der Waals surface area contributed by atoms with E-state index in [1.807, 2.05) is 25.1 Å². The number of rotatable bonds is 5. The van der Waals surface area contributed by atoms with Gasteiger partial charge >= 0.3 is 0 Å². The summed E-state index contributed by atoms with van der Waals surface area (Å²) in [6, 6.07) is 7.61. The minimum Gasteiger partial charge on any atom is -0.354 e. The van der Waals surface area contributed by atoms with Gasteiger partial charge < -0.3 is 9.80 Å². The number of Topliss-reactive ketones (excluding diaryl/α,β-unsaturated/α-hetero) is 1. The van der Waals surface area contributed by atoms with Crippen molar-refractivity contribution in [3.05, 3.63) is 72.3 Å². The Bertz CT molecular complexity index is 1300. The molecule has 0 N–H and O–H groups in total. The third-order valence-corrected chi connectivity index (χ3v) is 5.97. The van der Waals surface area contributed by atoms with Crippen molar-refractivity contribution in [3.8, 4) is 11.3 Å². The molecule has 0 aliphatic carbocycles. The van der Waals surface area contributed by atoms with E-state index in [1.54, 1.807) is 37.1 Å². The zero-order valence-electron chi connectivity index (χ0n) is 18.8. The van der Waals surface area contributed by atoms with E-state index in [9.17, 15) is 4.79 Å². The summed E-state index contributed by atoms with van der Waals surface area (Å²) in [4.78, 5) is 39.5. The zero-order chi connectivity index (χ0) is 22.8. The molecule has 1 aliphatic heterocycles. The number of hydrogen-bond acceptors (Lipinski definition) is 8. The number of ketones is 1. The molecule has 8 nitrogen and oxygen atoms in total. The van der Waals surface area contributed by atoms with Crippen LogP contribution in [0.2, 0.25) is 0 Å². The number of piperazine rings is 1. The van der Waals surface area contributed by atoms with E-state index in [0.29, 0.717) is 5.56 Å². The Kier molecular flexibility index (Phi) is 5.75. The first-order chi connectivity index (χ1) is 16.0. The predicted molar refractivity (Wildman–Crippen MR) is 127 cm³/mol. The highest BCUT2D eigenvalue weighted by atomic mass is 16.1. The highest BCUT2D eigenvalue weighted by molar-refractivity contribution is 5.98. The Hall–Kier alpha value is -3.78. The van der Waals surface area contributed by atoms with Crippen LogP contribution in [0.1, 0.15) is 21.9 Å². The Balaban J connectivity index is 1.36. The minimum absolute atomic E-state index is 0.0286. The number of fused-ring (bicyclic) bond motifs is 1. The lowest BCUT2D eigenvalue weighted by molar-refractivity contribution is 0.0992. The maximum Gasteiger partial charge on any atom is 0.169 e. The van der Waals surface area contributed by atoms with Crippen LogP contribution in [0.4, 0.5) is 5.82 Å². The van der Waals surface area contributed by atoms with Gasteiger partial charge in [-0.05, 0) is 43.6 Å². The van der Waals surface area contributed by atoms with Crippen LogP contribution in [0.5, 0.6) is 0 Å². The fraction of sp³-hybridized carbons (Fsp3) is 0.280. The highest BCUT2D eigenvalue weighted by Crippen LogP contribution is 2.22. The third-order valence-electron chi connectivity index (χ3n) is 5.97. The molecule has 4 aromatic heterocycles. The van der Waals surface area contributed by atoms with Crippen LogP contribution < -0.4 is 4.90 Å². The van der Waals surface area contributed by atoms with Gasteiger partial charge in [-0.2, -0.15) is 0 Å². The van der Waals surface area contributed by atoms with E-state index in [2.05, 4.69) is 41.8 Å². The smallest absolute Gasteiger partial charge is 0.169 e. The molecule has 0 spiro atoms. The maximum atomic E-state index is 13.0. The van der Waals surface area contributed by atoms with Gasteiger partial charge in [0.05, 0.1) is 12.1 Å². The zero-order valence-corrected chi connectivity index (χ0v) is 18.8. The normalized spacial score (nSPS) is 14.5. The average molecular weight is 440 g/mol. The minimum atomic E-state index is 0.0286. The van der Waals surface area contributed by atoms with E-state index >= 15 is 0 Å². The largest absolute Gasteiger partial charge is 0.354 e. The number of aromatic nitrogens is 5. The van der Waals surface area contributed by atoms with Crippen LogP contribution in [0, 0.1) is 6.92 Å². The quantitative estimate of drug-likeness (QED) is 0.439. The van der Waals surface area contributed by atoms with Crippen molar-refractivity contribution in [3.63, 3.8) is 0 Å². The molecular weight excluding hydrogens is 414 g/mol. The molecule has 0 radical (unpaired) electrons. The monoisotopic (exact) mass is 439 g/mol. The van der Waals surface area contributed by atoms with Crippen molar-refractivity contribution in [2.45, 2.75) is 13.3 Å². The molecule has 0 saturated carbocycles. The van der Waals surface area contributed by atoms with Crippen LogP contribution in [0.25, 0.3) is 22.0 Å². The lowest BCUT2D eigenvalue weighted by atomic mass is 10.0. The van der Waals surface area contributed by atoms with Gasteiger partial charge in [-0.25, -0.2) is 15.0 Å². The van der Waals surface area contributed by atoms with Gasteiger partial charge in [0.15, 0.2) is 5.78 Å². The van der Waals surface area contributed by atoms with Crippen LogP contribution in [0.15, 0.2) is 55.2 Å². The molecule has 166 valence electrons. The summed E-state index contributed by atoms with van der Waals surface area (Å²) in [5.41, 5.74) is 3.03. The topological polar surface area (TPSA) is 88.0 Å². The van der Waals surface area contributed by atoms with Gasteiger partial charge in [-0.1, -0.05) is 0 Å². The lowest BCUT2D eigenvalue weighted by Crippen LogP contribution is -2.44. The van der Waals surface area contributed by atoms with E-state index < -0.39 is 0 Å². The molecule has 4 aromatic rings. The summed E-state index contributed by atoms with van der Waals surface area (Å²) in [6.07, 6.45) is 9.04. The van der Waals surface area contributed by atoms with Gasteiger partial charge in [0.25, 0.3) is 0 Å². The SMILES string of the molecule is Cc1ncc(-c2cc3cc(CC(=O)c4ccnc(N5CCN(C)CC5)c4)ncc3cn2)cn1. The Morgan fingerprint density at radius 3 is 2.42 bits per heavy atom. The molecule has 0 bridgehead atoms. The van der Waals surface area contributed by atoms with Gasteiger partial charge in [0.2, 0.25) is 0 Å². The highest BCUT2D eigenvalue weighted by Gasteiger charge is 2.17. The van der Waals surface area contributed by atoms with E-state index in [1.165, 1.54) is 0 Å². The Morgan fingerprint density at radius 2 is 1.64 bits per heavy atom. The number of carbonyl (C=O) groups is 1. The number of pyridine rings is 3. The summed E-state index contributed by atoms with van der Waals surface area (Å²) in [5, 5.41) is 1.90. The Morgan fingerprint density at radius 1 is 0.879 bits per heavy atom. The predicted octanol–water partition coefficient (Wildman–Crippen LogP) is 2.97. The second kappa shape index (κ2) is 8.99. The summed E-state index contributed by atoms with van der Waals surface area (Å²) >= 11 is 0. The molecule has 0 aromatic carbocycles. The van der Waals surface area contributed by atoms with Gasteiger partial charge in [-0.15, -0.1) is 0 Å². The summed E-state index contributed by atoms with van der Waals surface area (Å²) < 4.78 is 0. The standard InChI is InChI=1S/C25H25N7O/c1-17-27-15-21(16-28-17)23-10-19-9-22(29-13-20(19)14-30-23)12-24(33)18-3-4-26-25(11-18)32-7-5-31(2)6-8-32/h3-4,9-11,13-16H,5-8,12H2,1-2H3. The van der Waals surface area contributed by atoms with Crippen molar-refractivity contribution in [1.82, 2.24) is 29.8 Å². The number of nitrogens with zero attached hydrogens (tertiary/aromatic N) is 7. The number of carbonyl (C=O) groups excluding carboxylic acids is 1. The molecule has 1 aliphatic rings. The van der Waals surface area contributed by atoms with E-state index in [0.717, 1.165) is 65.5 Å². The lowest BCUT2D eigenvalue weighted by Gasteiger charge is -2.33. The van der Waals surface area contributed by atoms with Gasteiger partial charge in [0, 0.05) is 79.4 Å². The Labute approximate surface area is 192 Å². The molecular formula is C25H25N7O. The molecule has 5 rings (SSSR count). The van der Waals surface area contributed by atoms with Crippen LogP contribution in [-0.2, 0) is 6.42 Å². The molecule has 1 fully saturated rings. The number of aryl methyl sites for hydroxylation is 1. The average Bonchev–Trinajstić information content (AvgIpc) is 2.84. The van der Waals surface area contributed by atoms with Gasteiger partial charge in [-0.3, -0.25) is 14.8 Å². The fourth-order valence-corrected chi connectivity index (χ4v) is 3.93. The summed E-state index contributed by atoms with van der Waals surface area (Å²) in [5.74, 6) is 1.61.